The number of aryl methyl sites for hydroxylation is 1. The van der Waals surface area contributed by atoms with E-state index in [2.05, 4.69) is 50.5 Å². The summed E-state index contributed by atoms with van der Waals surface area (Å²) in [6, 6.07) is 9.98. The number of aromatic nitrogens is 2. The lowest BCUT2D eigenvalue weighted by Crippen LogP contribution is -2.35. The maximum atomic E-state index is 12.4. The molecule has 1 fully saturated rings. The Kier molecular flexibility index (Phi) is 3.85. The van der Waals surface area contributed by atoms with Crippen LogP contribution in [0.2, 0.25) is 0 Å². The lowest BCUT2D eigenvalue weighted by molar-refractivity contribution is 0.0925. The average Bonchev–Trinajstić information content (AvgIpc) is 3.09. The summed E-state index contributed by atoms with van der Waals surface area (Å²) in [5.74, 6) is -0.103. The number of hydrogen-bond acceptors (Lipinski definition) is 2. The standard InChI is InChI=1S/C16H18BrN3O/c1-2-3-13-10-14(20-19-13)15(21)18-16(8-9-16)11-4-6-12(17)7-5-11/h4-7,10H,2-3,8-9H2,1H3,(H,18,21)(H,19,20). The third kappa shape index (κ3) is 3.02. The van der Waals surface area contributed by atoms with Gasteiger partial charge < -0.3 is 5.32 Å². The fraction of sp³-hybridized carbons (Fsp3) is 0.375. The smallest absolute Gasteiger partial charge is 0.272 e. The summed E-state index contributed by atoms with van der Waals surface area (Å²) in [6.07, 6.45) is 3.91. The van der Waals surface area contributed by atoms with E-state index in [9.17, 15) is 4.79 Å². The second-order valence-corrected chi connectivity index (χ2v) is 6.49. The minimum absolute atomic E-state index is 0.103. The second-order valence-electron chi connectivity index (χ2n) is 5.57. The molecule has 4 nitrogen and oxygen atoms in total. The average molecular weight is 348 g/mol. The summed E-state index contributed by atoms with van der Waals surface area (Å²) in [4.78, 5) is 12.4. The fourth-order valence-corrected chi connectivity index (χ4v) is 2.80. The van der Waals surface area contributed by atoms with E-state index in [0.29, 0.717) is 5.69 Å². The van der Waals surface area contributed by atoms with E-state index in [1.54, 1.807) is 0 Å². The van der Waals surface area contributed by atoms with Gasteiger partial charge in [-0.2, -0.15) is 5.10 Å². The largest absolute Gasteiger partial charge is 0.341 e. The Morgan fingerprint density at radius 3 is 2.71 bits per heavy atom. The monoisotopic (exact) mass is 347 g/mol. The molecule has 0 aliphatic heterocycles. The first-order valence-electron chi connectivity index (χ1n) is 7.26. The lowest BCUT2D eigenvalue weighted by atomic mass is 10.0. The summed E-state index contributed by atoms with van der Waals surface area (Å²) in [5.41, 5.74) is 2.43. The molecular formula is C16H18BrN3O. The van der Waals surface area contributed by atoms with Crippen LogP contribution in [-0.4, -0.2) is 16.1 Å². The van der Waals surface area contributed by atoms with Gasteiger partial charge in [-0.05, 0) is 43.0 Å². The molecule has 0 spiro atoms. The molecule has 21 heavy (non-hydrogen) atoms. The summed E-state index contributed by atoms with van der Waals surface area (Å²) in [5, 5.41) is 10.2. The van der Waals surface area contributed by atoms with E-state index in [1.165, 1.54) is 0 Å². The van der Waals surface area contributed by atoms with E-state index in [4.69, 9.17) is 0 Å². The predicted molar refractivity (Wildman–Crippen MR) is 85.1 cm³/mol. The van der Waals surface area contributed by atoms with Gasteiger partial charge in [-0.1, -0.05) is 41.4 Å². The molecule has 1 aliphatic carbocycles. The van der Waals surface area contributed by atoms with Crippen molar-refractivity contribution in [3.8, 4) is 0 Å². The van der Waals surface area contributed by atoms with Gasteiger partial charge in [-0.15, -0.1) is 0 Å². The summed E-state index contributed by atoms with van der Waals surface area (Å²) >= 11 is 3.44. The van der Waals surface area contributed by atoms with Crippen LogP contribution in [0, 0.1) is 0 Å². The van der Waals surface area contributed by atoms with Gasteiger partial charge >= 0.3 is 0 Å². The van der Waals surface area contributed by atoms with Crippen LogP contribution < -0.4 is 5.32 Å². The lowest BCUT2D eigenvalue weighted by Gasteiger charge is -2.17. The molecule has 0 bridgehead atoms. The summed E-state index contributed by atoms with van der Waals surface area (Å²) in [6.45, 7) is 2.10. The zero-order valence-electron chi connectivity index (χ0n) is 11.9. The molecule has 1 amide bonds. The van der Waals surface area contributed by atoms with Crippen LogP contribution in [0.4, 0.5) is 0 Å². The molecule has 110 valence electrons. The maximum absolute atomic E-state index is 12.4. The number of benzene rings is 1. The van der Waals surface area contributed by atoms with Crippen molar-refractivity contribution in [2.24, 2.45) is 0 Å². The Morgan fingerprint density at radius 1 is 1.38 bits per heavy atom. The Bertz CT molecular complexity index is 644. The van der Waals surface area contributed by atoms with Crippen LogP contribution in [0.15, 0.2) is 34.8 Å². The molecule has 0 unspecified atom stereocenters. The van der Waals surface area contributed by atoms with Crippen LogP contribution in [-0.2, 0) is 12.0 Å². The van der Waals surface area contributed by atoms with E-state index < -0.39 is 0 Å². The normalized spacial score (nSPS) is 15.7. The fourth-order valence-electron chi connectivity index (χ4n) is 2.54. The molecule has 2 aromatic rings. The first-order chi connectivity index (χ1) is 10.1. The zero-order chi connectivity index (χ0) is 14.9. The number of carbonyl (C=O) groups excluding carboxylic acids is 1. The van der Waals surface area contributed by atoms with Crippen molar-refractivity contribution < 1.29 is 4.79 Å². The topological polar surface area (TPSA) is 57.8 Å². The van der Waals surface area contributed by atoms with Gasteiger partial charge in [0.25, 0.3) is 5.91 Å². The van der Waals surface area contributed by atoms with Crippen LogP contribution in [0.1, 0.15) is 47.9 Å². The van der Waals surface area contributed by atoms with Crippen LogP contribution >= 0.6 is 15.9 Å². The second kappa shape index (κ2) is 5.64. The van der Waals surface area contributed by atoms with Crippen LogP contribution in [0.5, 0.6) is 0 Å². The molecule has 0 saturated heterocycles. The SMILES string of the molecule is CCCc1cc(C(=O)NC2(c3ccc(Br)cc3)CC2)n[nH]1. The van der Waals surface area contributed by atoms with Crippen LogP contribution in [0.25, 0.3) is 0 Å². The number of nitrogens with one attached hydrogen (secondary N) is 2. The quantitative estimate of drug-likeness (QED) is 0.868. The molecular weight excluding hydrogens is 330 g/mol. The maximum Gasteiger partial charge on any atom is 0.272 e. The highest BCUT2D eigenvalue weighted by Crippen LogP contribution is 2.45. The zero-order valence-corrected chi connectivity index (χ0v) is 13.5. The molecule has 0 radical (unpaired) electrons. The van der Waals surface area contributed by atoms with E-state index in [1.807, 2.05) is 18.2 Å². The molecule has 3 rings (SSSR count). The van der Waals surface area contributed by atoms with Crippen molar-refractivity contribution in [1.29, 1.82) is 0 Å². The highest BCUT2D eigenvalue weighted by Gasteiger charge is 2.45. The van der Waals surface area contributed by atoms with Gasteiger partial charge in [-0.25, -0.2) is 0 Å². The molecule has 1 aromatic carbocycles. The van der Waals surface area contributed by atoms with Gasteiger partial charge in [0.05, 0.1) is 5.54 Å². The number of carbonyl (C=O) groups is 1. The van der Waals surface area contributed by atoms with Gasteiger partial charge in [-0.3, -0.25) is 9.89 Å². The van der Waals surface area contributed by atoms with Gasteiger partial charge in [0, 0.05) is 10.2 Å². The van der Waals surface area contributed by atoms with E-state index in [-0.39, 0.29) is 11.4 Å². The van der Waals surface area contributed by atoms with Crippen molar-refractivity contribution in [2.45, 2.75) is 38.1 Å². The highest BCUT2D eigenvalue weighted by molar-refractivity contribution is 9.10. The van der Waals surface area contributed by atoms with Gasteiger partial charge in [0.15, 0.2) is 0 Å². The Hall–Kier alpha value is -1.62. The van der Waals surface area contributed by atoms with Crippen molar-refractivity contribution >= 4 is 21.8 Å². The number of aromatic amines is 1. The van der Waals surface area contributed by atoms with Crippen molar-refractivity contribution in [1.82, 2.24) is 15.5 Å². The Balaban J connectivity index is 1.73. The third-order valence-corrected chi connectivity index (χ3v) is 4.41. The Morgan fingerprint density at radius 2 is 2.10 bits per heavy atom. The number of amides is 1. The number of H-pyrrole nitrogens is 1. The molecule has 1 aromatic heterocycles. The van der Waals surface area contributed by atoms with E-state index in [0.717, 1.165) is 41.4 Å². The van der Waals surface area contributed by atoms with Gasteiger partial charge in [0.1, 0.15) is 5.69 Å². The van der Waals surface area contributed by atoms with Crippen LogP contribution in [0.3, 0.4) is 0 Å². The predicted octanol–water partition coefficient (Wildman–Crippen LogP) is 3.54. The minimum Gasteiger partial charge on any atom is -0.341 e. The molecule has 5 heteroatoms. The number of rotatable bonds is 5. The summed E-state index contributed by atoms with van der Waals surface area (Å²) < 4.78 is 1.05. The minimum atomic E-state index is -0.207. The number of hydrogen-bond donors (Lipinski definition) is 2. The van der Waals surface area contributed by atoms with Gasteiger partial charge in [0.2, 0.25) is 0 Å². The Labute approximate surface area is 132 Å². The number of halogens is 1. The van der Waals surface area contributed by atoms with Crippen molar-refractivity contribution in [3.63, 3.8) is 0 Å². The summed E-state index contributed by atoms with van der Waals surface area (Å²) in [7, 11) is 0. The number of nitrogens with zero attached hydrogens (tertiary/aromatic N) is 1. The molecule has 2 N–H and O–H groups in total. The first kappa shape index (κ1) is 14.3. The molecule has 1 aliphatic rings. The first-order valence-corrected chi connectivity index (χ1v) is 8.05. The van der Waals surface area contributed by atoms with Crippen molar-refractivity contribution in [2.75, 3.05) is 0 Å². The molecule has 0 atom stereocenters. The van der Waals surface area contributed by atoms with E-state index >= 15 is 0 Å². The highest BCUT2D eigenvalue weighted by atomic mass is 79.9. The third-order valence-electron chi connectivity index (χ3n) is 3.88. The van der Waals surface area contributed by atoms with Crippen molar-refractivity contribution in [3.05, 3.63) is 51.8 Å². The molecule has 1 saturated carbocycles. The molecule has 1 heterocycles.